The van der Waals surface area contributed by atoms with Crippen molar-refractivity contribution in [3.8, 4) is 17.0 Å². The largest absolute Gasteiger partial charge is 0.434 e. The third-order valence-corrected chi connectivity index (χ3v) is 8.64. The van der Waals surface area contributed by atoms with Gasteiger partial charge in [0.05, 0.1) is 21.9 Å². The molecule has 2 fully saturated rings. The molecule has 0 spiro atoms. The second kappa shape index (κ2) is 11.5. The summed E-state index contributed by atoms with van der Waals surface area (Å²) >= 11 is 6.65. The van der Waals surface area contributed by atoms with Gasteiger partial charge in [0.15, 0.2) is 5.69 Å². The van der Waals surface area contributed by atoms with Gasteiger partial charge in [-0.15, -0.1) is 0 Å². The molecule has 4 rings (SSSR count). The van der Waals surface area contributed by atoms with E-state index in [-0.39, 0.29) is 34.3 Å². The fourth-order valence-corrected chi connectivity index (χ4v) is 5.93. The van der Waals surface area contributed by atoms with Crippen LogP contribution in [0.5, 0.6) is 5.75 Å². The van der Waals surface area contributed by atoms with Gasteiger partial charge in [0.25, 0.3) is 5.91 Å². The van der Waals surface area contributed by atoms with Gasteiger partial charge in [0.1, 0.15) is 5.75 Å². The molecule has 7 nitrogen and oxygen atoms in total. The summed E-state index contributed by atoms with van der Waals surface area (Å²) in [6, 6.07) is 4.73. The first-order valence-electron chi connectivity index (χ1n) is 13.5. The Labute approximate surface area is 227 Å². The van der Waals surface area contributed by atoms with E-state index in [0.29, 0.717) is 49.6 Å². The summed E-state index contributed by atoms with van der Waals surface area (Å²) in [5.74, 6) is 0.352. The molecule has 2 aliphatic carbocycles. The Morgan fingerprint density at radius 3 is 2.34 bits per heavy atom. The van der Waals surface area contributed by atoms with E-state index in [4.69, 9.17) is 16.3 Å². The average Bonchev–Trinajstić information content (AvgIpc) is 3.22. The normalized spacial score (nSPS) is 27.9. The number of alkyl halides is 2. The van der Waals surface area contributed by atoms with Gasteiger partial charge in [0.2, 0.25) is 0 Å². The Morgan fingerprint density at radius 1 is 1.16 bits per heavy atom. The SMILES string of the molecule is CCn1nc(C(=O)NCC2(O)CCC(C)CC2)c(Cl)c1-c1ccc(C2(O)CCC(C)CC2)cc1OC(F)F. The van der Waals surface area contributed by atoms with Crippen LogP contribution < -0.4 is 10.1 Å². The van der Waals surface area contributed by atoms with Crippen molar-refractivity contribution in [1.29, 1.82) is 0 Å². The van der Waals surface area contributed by atoms with Gasteiger partial charge in [-0.3, -0.25) is 9.48 Å². The minimum Gasteiger partial charge on any atom is -0.434 e. The number of hydrogen-bond acceptors (Lipinski definition) is 5. The van der Waals surface area contributed by atoms with Crippen molar-refractivity contribution in [2.75, 3.05) is 6.54 Å². The quantitative estimate of drug-likeness (QED) is 0.378. The molecule has 210 valence electrons. The molecular formula is C28H38ClF2N3O4. The van der Waals surface area contributed by atoms with Crippen LogP contribution in [0, 0.1) is 11.8 Å². The second-order valence-electron chi connectivity index (χ2n) is 11.2. The van der Waals surface area contributed by atoms with Crippen LogP contribution in [0.2, 0.25) is 5.02 Å². The molecule has 38 heavy (non-hydrogen) atoms. The second-order valence-corrected chi connectivity index (χ2v) is 11.6. The Bertz CT molecular complexity index is 1140. The van der Waals surface area contributed by atoms with E-state index in [1.807, 2.05) is 0 Å². The van der Waals surface area contributed by atoms with E-state index < -0.39 is 23.7 Å². The summed E-state index contributed by atoms with van der Waals surface area (Å²) in [5.41, 5.74) is -1.12. The molecule has 2 saturated carbocycles. The van der Waals surface area contributed by atoms with Crippen LogP contribution in [0.15, 0.2) is 18.2 Å². The van der Waals surface area contributed by atoms with Crippen LogP contribution in [0.3, 0.4) is 0 Å². The van der Waals surface area contributed by atoms with Crippen molar-refractivity contribution in [3.63, 3.8) is 0 Å². The fraction of sp³-hybridized carbons (Fsp3) is 0.643. The number of aliphatic hydroxyl groups is 2. The summed E-state index contributed by atoms with van der Waals surface area (Å²) < 4.78 is 33.3. The Hall–Kier alpha value is -2.23. The van der Waals surface area contributed by atoms with Gasteiger partial charge in [-0.1, -0.05) is 31.5 Å². The Balaban J connectivity index is 1.64. The standard InChI is InChI=1S/C28H38ClF2N3O4/c1-4-34-24(22(29)23(33-34)25(35)32-16-27(36)11-7-17(2)8-12-27)20-6-5-19(15-21(20)38-26(30)31)28(37)13-9-18(3)10-14-28/h5-6,15,17-18,26,36-37H,4,7-14,16H2,1-3H3,(H,32,35). The van der Waals surface area contributed by atoms with Gasteiger partial charge < -0.3 is 20.3 Å². The lowest BCUT2D eigenvalue weighted by Gasteiger charge is -2.35. The molecule has 1 heterocycles. The van der Waals surface area contributed by atoms with Gasteiger partial charge >= 0.3 is 6.61 Å². The molecule has 3 N–H and O–H groups in total. The molecule has 0 saturated heterocycles. The van der Waals surface area contributed by atoms with Gasteiger partial charge in [0, 0.05) is 18.7 Å². The molecule has 2 aromatic rings. The molecule has 0 unspecified atom stereocenters. The minimum atomic E-state index is -3.09. The van der Waals surface area contributed by atoms with Crippen LogP contribution in [0.4, 0.5) is 8.78 Å². The molecule has 0 radical (unpaired) electrons. The number of carbonyl (C=O) groups excluding carboxylic acids is 1. The lowest BCUT2D eigenvalue weighted by atomic mass is 9.75. The molecular weight excluding hydrogens is 516 g/mol. The number of amides is 1. The maximum absolute atomic E-state index is 13.5. The molecule has 0 atom stereocenters. The molecule has 2 aliphatic rings. The predicted octanol–water partition coefficient (Wildman–Crippen LogP) is 5.89. The van der Waals surface area contributed by atoms with Crippen LogP contribution in [0.25, 0.3) is 11.3 Å². The Kier molecular flexibility index (Phi) is 8.69. The number of ether oxygens (including phenoxy) is 1. The summed E-state index contributed by atoms with van der Waals surface area (Å²) in [5, 5.41) is 29.2. The summed E-state index contributed by atoms with van der Waals surface area (Å²) in [7, 11) is 0. The van der Waals surface area contributed by atoms with Crippen molar-refractivity contribution in [2.45, 2.75) is 96.5 Å². The van der Waals surface area contributed by atoms with Crippen LogP contribution in [-0.4, -0.2) is 44.7 Å². The summed E-state index contributed by atoms with van der Waals surface area (Å²) in [6.07, 6.45) is 5.72. The van der Waals surface area contributed by atoms with Crippen molar-refractivity contribution >= 4 is 17.5 Å². The van der Waals surface area contributed by atoms with E-state index in [2.05, 4.69) is 24.3 Å². The first-order valence-corrected chi connectivity index (χ1v) is 13.9. The smallest absolute Gasteiger partial charge is 0.387 e. The van der Waals surface area contributed by atoms with Gasteiger partial charge in [-0.2, -0.15) is 13.9 Å². The first kappa shape index (κ1) is 28.8. The highest BCUT2D eigenvalue weighted by atomic mass is 35.5. The number of aryl methyl sites for hydroxylation is 1. The van der Waals surface area contributed by atoms with E-state index in [9.17, 15) is 23.8 Å². The molecule has 0 bridgehead atoms. The van der Waals surface area contributed by atoms with Crippen molar-refractivity contribution in [3.05, 3.63) is 34.5 Å². The Morgan fingerprint density at radius 2 is 1.76 bits per heavy atom. The number of nitrogens with one attached hydrogen (secondary N) is 1. The number of rotatable bonds is 8. The van der Waals surface area contributed by atoms with E-state index in [1.165, 1.54) is 10.7 Å². The van der Waals surface area contributed by atoms with Crippen molar-refractivity contribution in [1.82, 2.24) is 15.1 Å². The molecule has 0 aliphatic heterocycles. The predicted molar refractivity (Wildman–Crippen MR) is 141 cm³/mol. The highest BCUT2D eigenvalue weighted by Crippen LogP contribution is 2.44. The highest BCUT2D eigenvalue weighted by molar-refractivity contribution is 6.36. The molecule has 1 aromatic heterocycles. The van der Waals surface area contributed by atoms with Crippen molar-refractivity contribution < 1.29 is 28.5 Å². The van der Waals surface area contributed by atoms with Crippen LogP contribution >= 0.6 is 11.6 Å². The highest BCUT2D eigenvalue weighted by Gasteiger charge is 2.36. The van der Waals surface area contributed by atoms with Gasteiger partial charge in [-0.25, -0.2) is 0 Å². The number of nitrogens with zero attached hydrogens (tertiary/aromatic N) is 2. The first-order chi connectivity index (χ1) is 17.9. The zero-order chi connectivity index (χ0) is 27.7. The lowest BCUT2D eigenvalue weighted by molar-refractivity contribution is -0.0504. The zero-order valence-corrected chi connectivity index (χ0v) is 23.0. The van der Waals surface area contributed by atoms with E-state index in [1.54, 1.807) is 19.1 Å². The number of carbonyl (C=O) groups is 1. The number of halogens is 3. The number of hydrogen-bond donors (Lipinski definition) is 3. The van der Waals surface area contributed by atoms with Gasteiger partial charge in [-0.05, 0) is 87.8 Å². The van der Waals surface area contributed by atoms with Crippen molar-refractivity contribution in [2.24, 2.45) is 11.8 Å². The summed E-state index contributed by atoms with van der Waals surface area (Å²) in [6.45, 7) is 3.38. The monoisotopic (exact) mass is 553 g/mol. The fourth-order valence-electron chi connectivity index (χ4n) is 5.61. The average molecular weight is 554 g/mol. The lowest BCUT2D eigenvalue weighted by Crippen LogP contribution is -2.45. The molecule has 10 heteroatoms. The topological polar surface area (TPSA) is 96.6 Å². The van der Waals surface area contributed by atoms with Crippen LogP contribution in [-0.2, 0) is 12.1 Å². The molecule has 1 aromatic carbocycles. The van der Waals surface area contributed by atoms with E-state index >= 15 is 0 Å². The van der Waals surface area contributed by atoms with E-state index in [0.717, 1.165) is 25.7 Å². The zero-order valence-electron chi connectivity index (χ0n) is 22.3. The summed E-state index contributed by atoms with van der Waals surface area (Å²) in [4.78, 5) is 13.1. The third kappa shape index (κ3) is 6.15. The number of aromatic nitrogens is 2. The third-order valence-electron chi connectivity index (χ3n) is 8.28. The maximum atomic E-state index is 13.5. The molecule has 1 amide bonds. The van der Waals surface area contributed by atoms with Crippen LogP contribution in [0.1, 0.15) is 88.2 Å². The number of benzene rings is 1. The maximum Gasteiger partial charge on any atom is 0.387 e. The minimum absolute atomic E-state index is 0.00526.